The van der Waals surface area contributed by atoms with Crippen LogP contribution in [0.1, 0.15) is 29.8 Å². The summed E-state index contributed by atoms with van der Waals surface area (Å²) < 4.78 is 53.9. The first-order valence-corrected chi connectivity index (χ1v) is 8.65. The Kier molecular flexibility index (Phi) is 7.08. The van der Waals surface area contributed by atoms with Crippen LogP contribution in [-0.4, -0.2) is 31.7 Å². The first-order valence-electron chi connectivity index (χ1n) is 8.65. The van der Waals surface area contributed by atoms with Crippen LogP contribution in [0.3, 0.4) is 0 Å². The smallest absolute Gasteiger partial charge is 0.416 e. The van der Waals surface area contributed by atoms with Gasteiger partial charge in [-0.1, -0.05) is 6.07 Å². The van der Waals surface area contributed by atoms with Crippen LogP contribution in [0.4, 0.5) is 18.9 Å². The van der Waals surface area contributed by atoms with Crippen LogP contribution in [0.5, 0.6) is 11.5 Å². The van der Waals surface area contributed by atoms with E-state index in [9.17, 15) is 22.8 Å². The number of hydrogen-bond acceptors (Lipinski definition) is 5. The van der Waals surface area contributed by atoms with Gasteiger partial charge in [0.2, 0.25) is 0 Å². The molecule has 1 N–H and O–H groups in total. The minimum atomic E-state index is -4.54. The van der Waals surface area contributed by atoms with E-state index in [1.165, 1.54) is 44.4 Å². The van der Waals surface area contributed by atoms with Crippen LogP contribution >= 0.6 is 0 Å². The Morgan fingerprint density at radius 3 is 2.45 bits per heavy atom. The fourth-order valence-corrected chi connectivity index (χ4v) is 2.37. The molecule has 0 aliphatic rings. The summed E-state index contributed by atoms with van der Waals surface area (Å²) in [5.41, 5.74) is -0.832. The number of methoxy groups -OCH3 is 1. The van der Waals surface area contributed by atoms with E-state index >= 15 is 0 Å². The number of alkyl halides is 3. The zero-order chi connectivity index (χ0) is 21.6. The third-order valence-electron chi connectivity index (χ3n) is 3.81. The molecule has 0 spiro atoms. The molecular formula is C20H20F3NO5. The molecule has 0 unspecified atom stereocenters. The Labute approximate surface area is 165 Å². The quantitative estimate of drug-likeness (QED) is 0.688. The minimum absolute atomic E-state index is 0.0598. The topological polar surface area (TPSA) is 73.9 Å². The summed E-state index contributed by atoms with van der Waals surface area (Å²) >= 11 is 0. The predicted molar refractivity (Wildman–Crippen MR) is 99.1 cm³/mol. The van der Waals surface area contributed by atoms with Crippen molar-refractivity contribution in [3.63, 3.8) is 0 Å². The summed E-state index contributed by atoms with van der Waals surface area (Å²) in [5, 5.41) is 2.30. The predicted octanol–water partition coefficient (Wildman–Crippen LogP) is 4.30. The Morgan fingerprint density at radius 1 is 1.10 bits per heavy atom. The lowest BCUT2D eigenvalue weighted by molar-refractivity contribution is -0.137. The van der Waals surface area contributed by atoms with Crippen LogP contribution in [0, 0.1) is 0 Å². The summed E-state index contributed by atoms with van der Waals surface area (Å²) in [5.74, 6) is -0.794. The zero-order valence-electron chi connectivity index (χ0n) is 16.0. The van der Waals surface area contributed by atoms with E-state index in [-0.39, 0.29) is 11.3 Å². The summed E-state index contributed by atoms with van der Waals surface area (Å²) in [6.45, 7) is 3.52. The van der Waals surface area contributed by atoms with Crippen molar-refractivity contribution < 1.29 is 37.0 Å². The van der Waals surface area contributed by atoms with E-state index in [1.54, 1.807) is 6.92 Å². The molecule has 0 aliphatic heterocycles. The molecule has 1 atom stereocenters. The maximum Gasteiger partial charge on any atom is 0.416 e. The number of esters is 1. The lowest BCUT2D eigenvalue weighted by atomic mass is 10.2. The Morgan fingerprint density at radius 2 is 1.83 bits per heavy atom. The van der Waals surface area contributed by atoms with Crippen LogP contribution in [0.25, 0.3) is 0 Å². The fraction of sp³-hybridized carbons (Fsp3) is 0.300. The molecule has 0 aliphatic carbocycles. The summed E-state index contributed by atoms with van der Waals surface area (Å²) in [6, 6.07) is 8.55. The van der Waals surface area contributed by atoms with Gasteiger partial charge in [-0.2, -0.15) is 13.2 Å². The second-order valence-electron chi connectivity index (χ2n) is 5.91. The monoisotopic (exact) mass is 411 g/mol. The standard InChI is InChI=1S/C20H20F3NO5/c1-4-28-16-9-8-13(10-17(16)27-3)19(26)29-12(2)18(25)24-15-7-5-6-14(11-15)20(21,22)23/h5-12H,4H2,1-3H3,(H,24,25)/t12-/m0/s1. The van der Waals surface area contributed by atoms with Gasteiger partial charge in [-0.15, -0.1) is 0 Å². The number of benzene rings is 2. The van der Waals surface area contributed by atoms with Crippen LogP contribution in [0.15, 0.2) is 42.5 Å². The van der Waals surface area contributed by atoms with E-state index in [2.05, 4.69) is 5.32 Å². The summed E-state index contributed by atoms with van der Waals surface area (Å²) in [4.78, 5) is 24.5. The van der Waals surface area contributed by atoms with Crippen molar-refractivity contribution >= 4 is 17.6 Å². The Balaban J connectivity index is 2.05. The lowest BCUT2D eigenvalue weighted by Crippen LogP contribution is -2.30. The molecule has 6 nitrogen and oxygen atoms in total. The highest BCUT2D eigenvalue weighted by molar-refractivity contribution is 5.97. The molecule has 9 heteroatoms. The highest BCUT2D eigenvalue weighted by Crippen LogP contribution is 2.31. The van der Waals surface area contributed by atoms with Gasteiger partial charge in [0.05, 0.1) is 24.8 Å². The zero-order valence-corrected chi connectivity index (χ0v) is 16.0. The number of rotatable bonds is 7. The van der Waals surface area contributed by atoms with Gasteiger partial charge in [-0.25, -0.2) is 4.79 Å². The number of ether oxygens (including phenoxy) is 3. The molecule has 2 aromatic rings. The molecule has 0 radical (unpaired) electrons. The maximum atomic E-state index is 12.8. The number of halogens is 3. The molecule has 2 aromatic carbocycles. The average Bonchev–Trinajstić information content (AvgIpc) is 2.67. The van der Waals surface area contributed by atoms with Gasteiger partial charge in [-0.05, 0) is 50.2 Å². The van der Waals surface area contributed by atoms with Crippen molar-refractivity contribution in [1.29, 1.82) is 0 Å². The molecule has 0 saturated carbocycles. The van der Waals surface area contributed by atoms with E-state index < -0.39 is 29.7 Å². The summed E-state index contributed by atoms with van der Waals surface area (Å²) in [6.07, 6.45) is -5.78. The van der Waals surface area contributed by atoms with Crippen LogP contribution < -0.4 is 14.8 Å². The second-order valence-corrected chi connectivity index (χ2v) is 5.91. The number of carbonyl (C=O) groups excluding carboxylic acids is 2. The minimum Gasteiger partial charge on any atom is -0.493 e. The molecule has 156 valence electrons. The first kappa shape index (κ1) is 22.1. The molecule has 0 bridgehead atoms. The van der Waals surface area contributed by atoms with E-state index in [1.807, 2.05) is 0 Å². The SMILES string of the molecule is CCOc1ccc(C(=O)O[C@@H](C)C(=O)Nc2cccc(C(F)(F)F)c2)cc1OC. The highest BCUT2D eigenvalue weighted by atomic mass is 19.4. The van der Waals surface area contributed by atoms with E-state index in [4.69, 9.17) is 14.2 Å². The highest BCUT2D eigenvalue weighted by Gasteiger charge is 2.30. The lowest BCUT2D eigenvalue weighted by Gasteiger charge is -2.15. The second kappa shape index (κ2) is 9.31. The molecule has 0 aromatic heterocycles. The van der Waals surface area contributed by atoms with Crippen molar-refractivity contribution in [3.8, 4) is 11.5 Å². The molecule has 0 saturated heterocycles. The number of carbonyl (C=O) groups is 2. The van der Waals surface area contributed by atoms with Crippen molar-refractivity contribution in [2.45, 2.75) is 26.1 Å². The number of anilines is 1. The van der Waals surface area contributed by atoms with Gasteiger partial charge in [0.15, 0.2) is 17.6 Å². The third-order valence-corrected chi connectivity index (χ3v) is 3.81. The molecule has 2 rings (SSSR count). The van der Waals surface area contributed by atoms with Crippen molar-refractivity contribution in [1.82, 2.24) is 0 Å². The normalized spacial score (nSPS) is 12.1. The number of nitrogens with one attached hydrogen (secondary N) is 1. The van der Waals surface area contributed by atoms with Gasteiger partial charge in [0.1, 0.15) is 0 Å². The third kappa shape index (κ3) is 5.87. The van der Waals surface area contributed by atoms with E-state index in [0.717, 1.165) is 12.1 Å². The van der Waals surface area contributed by atoms with Crippen LogP contribution in [0.2, 0.25) is 0 Å². The summed E-state index contributed by atoms with van der Waals surface area (Å²) in [7, 11) is 1.41. The first-order chi connectivity index (χ1) is 13.7. The van der Waals surface area contributed by atoms with E-state index in [0.29, 0.717) is 18.1 Å². The van der Waals surface area contributed by atoms with Crippen LogP contribution in [-0.2, 0) is 15.7 Å². The number of amides is 1. The van der Waals surface area contributed by atoms with Gasteiger partial charge in [0, 0.05) is 5.69 Å². The Bertz CT molecular complexity index is 883. The van der Waals surface area contributed by atoms with Crippen molar-refractivity contribution in [3.05, 3.63) is 53.6 Å². The molecule has 0 heterocycles. The van der Waals surface area contributed by atoms with Gasteiger partial charge in [-0.3, -0.25) is 4.79 Å². The molecule has 0 fully saturated rings. The fourth-order valence-electron chi connectivity index (χ4n) is 2.37. The molecular weight excluding hydrogens is 391 g/mol. The van der Waals surface area contributed by atoms with Crippen molar-refractivity contribution in [2.24, 2.45) is 0 Å². The molecule has 29 heavy (non-hydrogen) atoms. The largest absolute Gasteiger partial charge is 0.493 e. The maximum absolute atomic E-state index is 12.8. The average molecular weight is 411 g/mol. The van der Waals surface area contributed by atoms with Gasteiger partial charge < -0.3 is 19.5 Å². The Hall–Kier alpha value is -3.23. The number of hydrogen-bond donors (Lipinski definition) is 1. The van der Waals surface area contributed by atoms with Gasteiger partial charge >= 0.3 is 12.1 Å². The van der Waals surface area contributed by atoms with Gasteiger partial charge in [0.25, 0.3) is 5.91 Å². The van der Waals surface area contributed by atoms with Crippen molar-refractivity contribution in [2.75, 3.05) is 19.0 Å². The molecule has 1 amide bonds.